The van der Waals surface area contributed by atoms with Crippen LogP contribution in [-0.2, 0) is 4.74 Å². The van der Waals surface area contributed by atoms with Gasteiger partial charge in [0.2, 0.25) is 5.88 Å². The number of nitrogens with two attached hydrogens (primary N) is 1. The summed E-state index contributed by atoms with van der Waals surface area (Å²) in [6, 6.07) is 0. The van der Waals surface area contributed by atoms with Gasteiger partial charge in [0.1, 0.15) is 5.56 Å². The Labute approximate surface area is 56.7 Å². The van der Waals surface area contributed by atoms with E-state index in [2.05, 4.69) is 14.4 Å². The van der Waals surface area contributed by atoms with Crippen LogP contribution in [0.25, 0.3) is 0 Å². The second kappa shape index (κ2) is 2.38. The van der Waals surface area contributed by atoms with Gasteiger partial charge in [-0.05, 0) is 0 Å². The Bertz CT molecular complexity index is 243. The van der Waals surface area contributed by atoms with Gasteiger partial charge in [-0.1, -0.05) is 5.16 Å². The lowest BCUT2D eigenvalue weighted by Crippen LogP contribution is -2.02. The van der Waals surface area contributed by atoms with Crippen molar-refractivity contribution in [1.82, 2.24) is 5.16 Å². The molecule has 0 spiro atoms. The highest BCUT2D eigenvalue weighted by atomic mass is 16.5. The third kappa shape index (κ3) is 0.928. The van der Waals surface area contributed by atoms with Crippen molar-refractivity contribution in [1.29, 1.82) is 0 Å². The van der Waals surface area contributed by atoms with Crippen LogP contribution in [0.2, 0.25) is 0 Å². The van der Waals surface area contributed by atoms with Crippen molar-refractivity contribution in [2.45, 2.75) is 0 Å². The molecule has 2 N–H and O–H groups in total. The minimum atomic E-state index is -0.543. The standard InChI is InChI=1S/C5H6N2O3/c1-9-5(8)3-2-7-10-4(3)6/h2H,6H2,1H3. The second-order valence-electron chi connectivity index (χ2n) is 1.60. The fraction of sp³-hybridized carbons (Fsp3) is 0.200. The Hall–Kier alpha value is -1.52. The maximum Gasteiger partial charge on any atom is 0.345 e. The van der Waals surface area contributed by atoms with Crippen LogP contribution in [0, 0.1) is 0 Å². The molecule has 0 unspecified atom stereocenters. The van der Waals surface area contributed by atoms with Crippen LogP contribution < -0.4 is 5.73 Å². The highest BCUT2D eigenvalue weighted by molar-refractivity contribution is 5.93. The van der Waals surface area contributed by atoms with E-state index in [4.69, 9.17) is 5.73 Å². The van der Waals surface area contributed by atoms with Gasteiger partial charge >= 0.3 is 5.97 Å². The van der Waals surface area contributed by atoms with Gasteiger partial charge in [-0.3, -0.25) is 0 Å². The molecule has 0 saturated carbocycles. The normalized spacial score (nSPS) is 9.30. The Morgan fingerprint density at radius 1 is 1.90 bits per heavy atom. The molecule has 1 aromatic rings. The number of nitrogen functional groups attached to an aromatic ring is 1. The molecule has 5 heteroatoms. The number of carbonyl (C=O) groups excluding carboxylic acids is 1. The second-order valence-corrected chi connectivity index (χ2v) is 1.60. The zero-order chi connectivity index (χ0) is 7.56. The van der Waals surface area contributed by atoms with Gasteiger partial charge in [0.25, 0.3) is 0 Å². The fourth-order valence-electron chi connectivity index (χ4n) is 0.512. The molecule has 0 saturated heterocycles. The highest BCUT2D eigenvalue weighted by Crippen LogP contribution is 2.09. The molecule has 1 rings (SSSR count). The van der Waals surface area contributed by atoms with Gasteiger partial charge in [-0.15, -0.1) is 0 Å². The molecular formula is C5H6N2O3. The number of hydrogen-bond donors (Lipinski definition) is 1. The van der Waals surface area contributed by atoms with Gasteiger partial charge in [-0.25, -0.2) is 4.79 Å². The van der Waals surface area contributed by atoms with E-state index in [9.17, 15) is 4.79 Å². The maximum atomic E-state index is 10.7. The first-order valence-electron chi connectivity index (χ1n) is 2.54. The molecule has 0 fully saturated rings. The molecule has 0 bridgehead atoms. The molecule has 54 valence electrons. The summed E-state index contributed by atoms with van der Waals surface area (Å²) in [4.78, 5) is 10.7. The summed E-state index contributed by atoms with van der Waals surface area (Å²) in [5, 5.41) is 3.29. The van der Waals surface area contributed by atoms with Crippen LogP contribution in [0.15, 0.2) is 10.7 Å². The largest absolute Gasteiger partial charge is 0.465 e. The Morgan fingerprint density at radius 3 is 3.00 bits per heavy atom. The minimum absolute atomic E-state index is 0.0214. The number of ether oxygens (including phenoxy) is 1. The number of methoxy groups -OCH3 is 1. The van der Waals surface area contributed by atoms with Crippen molar-refractivity contribution in [3.05, 3.63) is 11.8 Å². The van der Waals surface area contributed by atoms with E-state index >= 15 is 0 Å². The van der Waals surface area contributed by atoms with E-state index in [1.54, 1.807) is 0 Å². The topological polar surface area (TPSA) is 78.3 Å². The van der Waals surface area contributed by atoms with Crippen molar-refractivity contribution in [2.24, 2.45) is 0 Å². The third-order valence-corrected chi connectivity index (χ3v) is 1.00. The molecule has 0 amide bonds. The zero-order valence-electron chi connectivity index (χ0n) is 5.33. The minimum Gasteiger partial charge on any atom is -0.465 e. The lowest BCUT2D eigenvalue weighted by atomic mass is 10.3. The highest BCUT2D eigenvalue weighted by Gasteiger charge is 2.12. The summed E-state index contributed by atoms with van der Waals surface area (Å²) in [5.41, 5.74) is 5.34. The molecule has 0 aromatic carbocycles. The number of aromatic nitrogens is 1. The quantitative estimate of drug-likeness (QED) is 0.560. The van der Waals surface area contributed by atoms with Crippen LogP contribution in [0.1, 0.15) is 10.4 Å². The van der Waals surface area contributed by atoms with Crippen LogP contribution in [0.4, 0.5) is 5.88 Å². The molecule has 10 heavy (non-hydrogen) atoms. The molecule has 0 aliphatic carbocycles. The predicted molar refractivity (Wildman–Crippen MR) is 32.3 cm³/mol. The lowest BCUT2D eigenvalue weighted by molar-refractivity contribution is 0.0601. The summed E-state index contributed by atoms with van der Waals surface area (Å²) in [5.74, 6) is -0.564. The van der Waals surface area contributed by atoms with E-state index in [-0.39, 0.29) is 11.4 Å². The molecule has 0 radical (unpaired) electrons. The molecular weight excluding hydrogens is 136 g/mol. The van der Waals surface area contributed by atoms with E-state index in [0.29, 0.717) is 0 Å². The van der Waals surface area contributed by atoms with Crippen molar-refractivity contribution in [2.75, 3.05) is 12.8 Å². The van der Waals surface area contributed by atoms with Gasteiger partial charge in [0.05, 0.1) is 13.3 Å². The van der Waals surface area contributed by atoms with Crippen LogP contribution in [0.5, 0.6) is 0 Å². The van der Waals surface area contributed by atoms with E-state index in [0.717, 1.165) is 0 Å². The van der Waals surface area contributed by atoms with E-state index in [1.807, 2.05) is 0 Å². The number of nitrogens with zero attached hydrogens (tertiary/aromatic N) is 1. The smallest absolute Gasteiger partial charge is 0.345 e. The van der Waals surface area contributed by atoms with Crippen LogP contribution >= 0.6 is 0 Å². The number of anilines is 1. The predicted octanol–water partition coefficient (Wildman–Crippen LogP) is 0.0434. The van der Waals surface area contributed by atoms with Crippen molar-refractivity contribution in [3.8, 4) is 0 Å². The van der Waals surface area contributed by atoms with Crippen LogP contribution in [-0.4, -0.2) is 18.2 Å². The summed E-state index contributed by atoms with van der Waals surface area (Å²) in [6.07, 6.45) is 1.21. The average molecular weight is 142 g/mol. The van der Waals surface area contributed by atoms with Crippen LogP contribution in [0.3, 0.4) is 0 Å². The zero-order valence-corrected chi connectivity index (χ0v) is 5.33. The van der Waals surface area contributed by atoms with Gasteiger partial charge in [-0.2, -0.15) is 0 Å². The number of esters is 1. The molecule has 1 heterocycles. The van der Waals surface area contributed by atoms with Gasteiger partial charge in [0.15, 0.2) is 0 Å². The van der Waals surface area contributed by atoms with E-state index in [1.165, 1.54) is 13.3 Å². The van der Waals surface area contributed by atoms with Crippen molar-refractivity contribution < 1.29 is 14.1 Å². The first kappa shape index (κ1) is 6.60. The maximum absolute atomic E-state index is 10.7. The molecule has 0 atom stereocenters. The Morgan fingerprint density at radius 2 is 2.60 bits per heavy atom. The van der Waals surface area contributed by atoms with Gasteiger partial charge < -0.3 is 15.0 Å². The summed E-state index contributed by atoms with van der Waals surface area (Å²) in [7, 11) is 1.26. The number of hydrogen-bond acceptors (Lipinski definition) is 5. The molecule has 0 aliphatic heterocycles. The number of carbonyl (C=O) groups is 1. The summed E-state index contributed by atoms with van der Waals surface area (Å²) < 4.78 is 8.77. The molecule has 5 nitrogen and oxygen atoms in total. The Kier molecular flexibility index (Phi) is 1.57. The van der Waals surface area contributed by atoms with Crippen molar-refractivity contribution in [3.63, 3.8) is 0 Å². The molecule has 0 aliphatic rings. The van der Waals surface area contributed by atoms with E-state index < -0.39 is 5.97 Å². The summed E-state index contributed by atoms with van der Waals surface area (Å²) >= 11 is 0. The Balaban J connectivity index is 2.93. The first-order chi connectivity index (χ1) is 4.75. The monoisotopic (exact) mass is 142 g/mol. The van der Waals surface area contributed by atoms with Crippen molar-refractivity contribution >= 4 is 11.9 Å². The SMILES string of the molecule is COC(=O)c1cnoc1N. The van der Waals surface area contributed by atoms with Gasteiger partial charge in [0, 0.05) is 0 Å². The average Bonchev–Trinajstić information content (AvgIpc) is 2.34. The summed E-state index contributed by atoms with van der Waals surface area (Å²) in [6.45, 7) is 0. The molecule has 1 aromatic heterocycles. The lowest BCUT2D eigenvalue weighted by Gasteiger charge is -1.91. The fourth-order valence-corrected chi connectivity index (χ4v) is 0.512. The third-order valence-electron chi connectivity index (χ3n) is 1.00. The number of rotatable bonds is 1. The first-order valence-corrected chi connectivity index (χ1v) is 2.54.